The van der Waals surface area contributed by atoms with Gasteiger partial charge in [0, 0.05) is 23.9 Å². The number of aromatic amines is 1. The van der Waals surface area contributed by atoms with Crippen LogP contribution in [0.2, 0.25) is 0 Å². The Kier molecular flexibility index (Phi) is 4.06. The zero-order valence-electron chi connectivity index (χ0n) is 12.0. The van der Waals surface area contributed by atoms with Crippen molar-refractivity contribution in [3.05, 3.63) is 46.0 Å². The minimum Gasteiger partial charge on any atom is -0.344 e. The van der Waals surface area contributed by atoms with E-state index in [1.54, 1.807) is 17.0 Å². The summed E-state index contributed by atoms with van der Waals surface area (Å²) in [6.07, 6.45) is 4.69. The Balaban J connectivity index is 2.24. The lowest BCUT2D eigenvalue weighted by Gasteiger charge is -2.15. The Bertz CT molecular complexity index is 645. The fraction of sp³-hybridized carbons (Fsp3) is 0.385. The quantitative estimate of drug-likeness (QED) is 0.650. The molecule has 112 valence electrons. The zero-order chi connectivity index (χ0) is 15.6. The molecule has 0 saturated heterocycles. The van der Waals surface area contributed by atoms with E-state index in [1.807, 2.05) is 20.8 Å². The van der Waals surface area contributed by atoms with Crippen LogP contribution in [-0.4, -0.2) is 25.6 Å². The third-order valence-corrected chi connectivity index (χ3v) is 3.20. The second kappa shape index (κ2) is 5.78. The molecule has 0 bridgehead atoms. The van der Waals surface area contributed by atoms with Gasteiger partial charge in [0.05, 0.1) is 23.4 Å². The molecule has 8 heteroatoms. The number of carbonyl (C=O) groups is 1. The van der Waals surface area contributed by atoms with Crippen LogP contribution in [0, 0.1) is 10.1 Å². The fourth-order valence-corrected chi connectivity index (χ4v) is 2.03. The Morgan fingerprint density at radius 1 is 1.48 bits per heavy atom. The molecule has 2 aromatic rings. The molecule has 0 aromatic carbocycles. The molecule has 2 rings (SSSR count). The summed E-state index contributed by atoms with van der Waals surface area (Å²) in [5.41, 5.74) is 1.01. The van der Waals surface area contributed by atoms with Crippen LogP contribution in [0.5, 0.6) is 0 Å². The Morgan fingerprint density at radius 3 is 2.71 bits per heavy atom. The van der Waals surface area contributed by atoms with Gasteiger partial charge in [0.25, 0.3) is 11.6 Å². The highest BCUT2D eigenvalue weighted by atomic mass is 16.6. The molecule has 0 radical (unpaired) electrons. The van der Waals surface area contributed by atoms with E-state index >= 15 is 0 Å². The minimum atomic E-state index is -0.505. The van der Waals surface area contributed by atoms with Crippen molar-refractivity contribution in [2.24, 2.45) is 0 Å². The molecule has 2 aromatic heterocycles. The number of nitrogens with one attached hydrogen (secondary N) is 2. The van der Waals surface area contributed by atoms with Crippen molar-refractivity contribution < 1.29 is 9.72 Å². The van der Waals surface area contributed by atoms with Gasteiger partial charge in [0.15, 0.2) is 0 Å². The third-order valence-electron chi connectivity index (χ3n) is 3.20. The van der Waals surface area contributed by atoms with E-state index in [0.717, 1.165) is 5.56 Å². The van der Waals surface area contributed by atoms with Gasteiger partial charge in [-0.3, -0.25) is 20.0 Å². The highest BCUT2D eigenvalue weighted by Crippen LogP contribution is 2.21. The van der Waals surface area contributed by atoms with Crippen LogP contribution >= 0.6 is 0 Å². The van der Waals surface area contributed by atoms with Crippen LogP contribution in [0.1, 0.15) is 48.9 Å². The van der Waals surface area contributed by atoms with Crippen molar-refractivity contribution in [1.82, 2.24) is 20.1 Å². The van der Waals surface area contributed by atoms with Crippen molar-refractivity contribution in [1.29, 1.82) is 0 Å². The van der Waals surface area contributed by atoms with Gasteiger partial charge in [0.2, 0.25) is 0 Å². The average molecular weight is 291 g/mol. The molecule has 1 amide bonds. The summed E-state index contributed by atoms with van der Waals surface area (Å²) in [7, 11) is 0. The number of hydrogen-bond acceptors (Lipinski definition) is 4. The first-order valence-corrected chi connectivity index (χ1v) is 6.56. The molecular weight excluding hydrogens is 274 g/mol. The van der Waals surface area contributed by atoms with Gasteiger partial charge in [-0.05, 0) is 20.8 Å². The van der Waals surface area contributed by atoms with Crippen LogP contribution < -0.4 is 5.32 Å². The third kappa shape index (κ3) is 3.10. The van der Waals surface area contributed by atoms with Crippen molar-refractivity contribution >= 4 is 11.6 Å². The summed E-state index contributed by atoms with van der Waals surface area (Å²) >= 11 is 0. The van der Waals surface area contributed by atoms with E-state index in [4.69, 9.17) is 0 Å². The van der Waals surface area contributed by atoms with E-state index in [-0.39, 0.29) is 29.4 Å². The maximum Gasteiger partial charge on any atom is 0.287 e. The number of rotatable bonds is 5. The lowest BCUT2D eigenvalue weighted by Crippen LogP contribution is -2.28. The summed E-state index contributed by atoms with van der Waals surface area (Å²) < 4.78 is 1.59. The average Bonchev–Trinajstić information content (AvgIpc) is 3.08. The Hall–Kier alpha value is -2.64. The highest BCUT2D eigenvalue weighted by Gasteiger charge is 2.22. The first kappa shape index (κ1) is 14.8. The first-order chi connectivity index (χ1) is 9.90. The SMILES string of the molecule is CC(NC(=O)c1cc([N+](=O)[O-])cn1C(C)C)c1cn[nH]c1. The van der Waals surface area contributed by atoms with Crippen molar-refractivity contribution in [2.75, 3.05) is 0 Å². The van der Waals surface area contributed by atoms with E-state index in [1.165, 1.54) is 12.3 Å². The van der Waals surface area contributed by atoms with E-state index in [9.17, 15) is 14.9 Å². The fourth-order valence-electron chi connectivity index (χ4n) is 2.03. The van der Waals surface area contributed by atoms with Gasteiger partial charge in [-0.1, -0.05) is 0 Å². The summed E-state index contributed by atoms with van der Waals surface area (Å²) in [4.78, 5) is 22.7. The topological polar surface area (TPSA) is 106 Å². The van der Waals surface area contributed by atoms with E-state index in [0.29, 0.717) is 0 Å². The largest absolute Gasteiger partial charge is 0.344 e. The minimum absolute atomic E-state index is 0.0521. The molecule has 0 aliphatic rings. The normalized spacial score (nSPS) is 12.4. The van der Waals surface area contributed by atoms with Crippen LogP contribution in [0.25, 0.3) is 0 Å². The molecule has 21 heavy (non-hydrogen) atoms. The molecule has 2 heterocycles. The number of nitro groups is 1. The second-order valence-electron chi connectivity index (χ2n) is 5.07. The highest BCUT2D eigenvalue weighted by molar-refractivity contribution is 5.93. The number of amides is 1. The predicted molar refractivity (Wildman–Crippen MR) is 75.9 cm³/mol. The van der Waals surface area contributed by atoms with Crippen LogP contribution in [0.15, 0.2) is 24.7 Å². The monoisotopic (exact) mass is 291 g/mol. The van der Waals surface area contributed by atoms with E-state index in [2.05, 4.69) is 15.5 Å². The maximum absolute atomic E-state index is 12.3. The molecule has 8 nitrogen and oxygen atoms in total. The predicted octanol–water partition coefficient (Wildman–Crippen LogP) is 2.19. The standard InChI is InChI=1S/C13H17N5O3/c1-8(2)17-7-11(18(20)21)4-12(17)13(19)16-9(3)10-5-14-15-6-10/h4-9H,1-3H3,(H,14,15)(H,16,19). The summed E-state index contributed by atoms with van der Waals surface area (Å²) in [6, 6.07) is 0.992. The number of aromatic nitrogens is 3. The molecule has 0 aliphatic heterocycles. The molecule has 2 N–H and O–H groups in total. The van der Waals surface area contributed by atoms with Crippen molar-refractivity contribution in [3.63, 3.8) is 0 Å². The number of H-pyrrole nitrogens is 1. The Labute approximate surface area is 121 Å². The Morgan fingerprint density at radius 2 is 2.19 bits per heavy atom. The first-order valence-electron chi connectivity index (χ1n) is 6.56. The lowest BCUT2D eigenvalue weighted by atomic mass is 10.2. The number of nitrogens with zero attached hydrogens (tertiary/aromatic N) is 3. The molecular formula is C13H17N5O3. The smallest absolute Gasteiger partial charge is 0.287 e. The van der Waals surface area contributed by atoms with Crippen LogP contribution in [0.3, 0.4) is 0 Å². The molecule has 0 aliphatic carbocycles. The number of carbonyl (C=O) groups excluding carboxylic acids is 1. The van der Waals surface area contributed by atoms with Crippen molar-refractivity contribution in [3.8, 4) is 0 Å². The van der Waals surface area contributed by atoms with Crippen LogP contribution in [0.4, 0.5) is 5.69 Å². The number of hydrogen-bond donors (Lipinski definition) is 2. The zero-order valence-corrected chi connectivity index (χ0v) is 12.0. The van der Waals surface area contributed by atoms with Gasteiger partial charge in [-0.25, -0.2) is 0 Å². The molecule has 0 spiro atoms. The van der Waals surface area contributed by atoms with Gasteiger partial charge in [-0.15, -0.1) is 0 Å². The van der Waals surface area contributed by atoms with Gasteiger partial charge in [-0.2, -0.15) is 5.10 Å². The van der Waals surface area contributed by atoms with Crippen molar-refractivity contribution in [2.45, 2.75) is 32.9 Å². The van der Waals surface area contributed by atoms with E-state index < -0.39 is 4.92 Å². The summed E-state index contributed by atoms with van der Waals surface area (Å²) in [5, 5.41) is 20.2. The molecule has 0 fully saturated rings. The van der Waals surface area contributed by atoms with Gasteiger partial charge in [0.1, 0.15) is 5.69 Å². The molecule has 1 unspecified atom stereocenters. The molecule has 0 saturated carbocycles. The maximum atomic E-state index is 12.3. The summed E-state index contributed by atoms with van der Waals surface area (Å²) in [6.45, 7) is 5.54. The summed E-state index contributed by atoms with van der Waals surface area (Å²) in [5.74, 6) is -0.356. The second-order valence-corrected chi connectivity index (χ2v) is 5.07. The van der Waals surface area contributed by atoms with Crippen LogP contribution in [-0.2, 0) is 0 Å². The molecule has 1 atom stereocenters. The van der Waals surface area contributed by atoms with Gasteiger partial charge < -0.3 is 9.88 Å². The van der Waals surface area contributed by atoms with Gasteiger partial charge >= 0.3 is 0 Å². The lowest BCUT2D eigenvalue weighted by molar-refractivity contribution is -0.384.